The molecule has 5 nitrogen and oxygen atoms in total. The van der Waals surface area contributed by atoms with Crippen molar-refractivity contribution in [2.24, 2.45) is 10.7 Å². The first-order valence-electron chi connectivity index (χ1n) is 5.77. The fourth-order valence-corrected chi connectivity index (χ4v) is 2.14. The number of hydrogen-bond acceptors (Lipinski definition) is 4. The SMILES string of the molecule is COc1ccccc1CN(C)/C(N)=N/c1nccs1. The summed E-state index contributed by atoms with van der Waals surface area (Å²) in [5.41, 5.74) is 7.01. The number of guanidine groups is 1. The first-order valence-corrected chi connectivity index (χ1v) is 6.65. The van der Waals surface area contributed by atoms with E-state index < -0.39 is 0 Å². The fraction of sp³-hybridized carbons (Fsp3) is 0.231. The van der Waals surface area contributed by atoms with Crippen molar-refractivity contribution < 1.29 is 4.74 Å². The highest BCUT2D eigenvalue weighted by molar-refractivity contribution is 7.13. The van der Waals surface area contributed by atoms with E-state index in [1.54, 1.807) is 13.3 Å². The van der Waals surface area contributed by atoms with Crippen molar-refractivity contribution in [3.63, 3.8) is 0 Å². The van der Waals surface area contributed by atoms with Gasteiger partial charge in [-0.2, -0.15) is 4.99 Å². The van der Waals surface area contributed by atoms with Gasteiger partial charge in [0.25, 0.3) is 0 Å². The molecule has 1 aromatic heterocycles. The van der Waals surface area contributed by atoms with E-state index in [4.69, 9.17) is 10.5 Å². The zero-order chi connectivity index (χ0) is 13.7. The predicted molar refractivity (Wildman–Crippen MR) is 77.9 cm³/mol. The summed E-state index contributed by atoms with van der Waals surface area (Å²) < 4.78 is 5.31. The van der Waals surface area contributed by atoms with Crippen molar-refractivity contribution in [2.75, 3.05) is 14.2 Å². The average Bonchev–Trinajstić information content (AvgIpc) is 2.92. The second-order valence-electron chi connectivity index (χ2n) is 3.95. The zero-order valence-corrected chi connectivity index (χ0v) is 11.7. The Morgan fingerprint density at radius 3 is 2.95 bits per heavy atom. The Balaban J connectivity index is 2.10. The van der Waals surface area contributed by atoms with Gasteiger partial charge in [0.05, 0.1) is 7.11 Å². The van der Waals surface area contributed by atoms with Gasteiger partial charge in [0.1, 0.15) is 5.75 Å². The summed E-state index contributed by atoms with van der Waals surface area (Å²) in [6.45, 7) is 0.630. The third-order valence-corrected chi connectivity index (χ3v) is 3.29. The van der Waals surface area contributed by atoms with E-state index in [2.05, 4.69) is 9.98 Å². The molecule has 0 unspecified atom stereocenters. The summed E-state index contributed by atoms with van der Waals surface area (Å²) in [7, 11) is 3.55. The lowest BCUT2D eigenvalue weighted by Crippen LogP contribution is -2.33. The molecule has 0 saturated carbocycles. The Morgan fingerprint density at radius 1 is 1.47 bits per heavy atom. The van der Waals surface area contributed by atoms with Crippen LogP contribution >= 0.6 is 11.3 Å². The van der Waals surface area contributed by atoms with Gasteiger partial charge in [0.15, 0.2) is 5.96 Å². The topological polar surface area (TPSA) is 63.7 Å². The Kier molecular flexibility index (Phi) is 4.35. The number of nitrogens with two attached hydrogens (primary N) is 1. The van der Waals surface area contributed by atoms with Crippen molar-refractivity contribution in [1.82, 2.24) is 9.88 Å². The first-order chi connectivity index (χ1) is 9.20. The Labute approximate surface area is 116 Å². The molecule has 0 aliphatic carbocycles. The maximum Gasteiger partial charge on any atom is 0.212 e. The highest BCUT2D eigenvalue weighted by Crippen LogP contribution is 2.19. The standard InChI is InChI=1S/C13H16N4OS/c1-17(12(14)16-13-15-7-8-19-13)9-10-5-3-4-6-11(10)18-2/h3-8H,9H2,1-2H3,(H2,14,15,16). The highest BCUT2D eigenvalue weighted by atomic mass is 32.1. The van der Waals surface area contributed by atoms with Crippen LogP contribution in [0.15, 0.2) is 40.8 Å². The second-order valence-corrected chi connectivity index (χ2v) is 4.83. The molecule has 2 aromatic rings. The third kappa shape index (κ3) is 3.45. The highest BCUT2D eigenvalue weighted by Gasteiger charge is 2.08. The molecule has 1 heterocycles. The quantitative estimate of drug-likeness (QED) is 0.687. The average molecular weight is 276 g/mol. The lowest BCUT2D eigenvalue weighted by Gasteiger charge is -2.19. The van der Waals surface area contributed by atoms with Crippen LogP contribution in [0.2, 0.25) is 0 Å². The molecule has 0 aliphatic rings. The molecule has 0 bridgehead atoms. The lowest BCUT2D eigenvalue weighted by atomic mass is 10.2. The first kappa shape index (κ1) is 13.4. The summed E-state index contributed by atoms with van der Waals surface area (Å²) in [5, 5.41) is 2.52. The fourth-order valence-electron chi connectivity index (χ4n) is 1.62. The second kappa shape index (κ2) is 6.19. The minimum Gasteiger partial charge on any atom is -0.496 e. The van der Waals surface area contributed by atoms with Gasteiger partial charge in [-0.25, -0.2) is 4.98 Å². The van der Waals surface area contributed by atoms with Gasteiger partial charge in [-0.3, -0.25) is 0 Å². The summed E-state index contributed by atoms with van der Waals surface area (Å²) >= 11 is 1.45. The molecular weight excluding hydrogens is 260 g/mol. The normalized spacial score (nSPS) is 11.4. The maximum atomic E-state index is 5.95. The van der Waals surface area contributed by atoms with Crippen LogP contribution in [-0.4, -0.2) is 30.0 Å². The molecule has 0 saturated heterocycles. The van der Waals surface area contributed by atoms with E-state index in [0.29, 0.717) is 17.6 Å². The molecule has 2 N–H and O–H groups in total. The monoisotopic (exact) mass is 276 g/mol. The van der Waals surface area contributed by atoms with Gasteiger partial charge >= 0.3 is 0 Å². The van der Waals surface area contributed by atoms with Crippen LogP contribution in [-0.2, 0) is 6.54 Å². The van der Waals surface area contributed by atoms with Crippen molar-refractivity contribution in [3.05, 3.63) is 41.4 Å². The van der Waals surface area contributed by atoms with Crippen molar-refractivity contribution >= 4 is 22.4 Å². The molecule has 2 rings (SSSR count). The van der Waals surface area contributed by atoms with Crippen LogP contribution in [0.3, 0.4) is 0 Å². The van der Waals surface area contributed by atoms with Crippen molar-refractivity contribution in [2.45, 2.75) is 6.54 Å². The largest absolute Gasteiger partial charge is 0.496 e. The molecule has 0 radical (unpaired) electrons. The number of thiazole rings is 1. The number of methoxy groups -OCH3 is 1. The van der Waals surface area contributed by atoms with Crippen molar-refractivity contribution in [3.8, 4) is 5.75 Å². The molecule has 100 valence electrons. The van der Waals surface area contributed by atoms with Gasteiger partial charge in [-0.15, -0.1) is 11.3 Å². The number of hydrogen-bond donors (Lipinski definition) is 1. The van der Waals surface area contributed by atoms with Crippen LogP contribution in [0.25, 0.3) is 0 Å². The van der Waals surface area contributed by atoms with Crippen LogP contribution in [0, 0.1) is 0 Å². The summed E-state index contributed by atoms with van der Waals surface area (Å²) in [6, 6.07) is 7.85. The maximum absolute atomic E-state index is 5.95. The molecule has 0 amide bonds. The van der Waals surface area contributed by atoms with E-state index in [1.165, 1.54) is 11.3 Å². The number of ether oxygens (including phenoxy) is 1. The molecular formula is C13H16N4OS. The predicted octanol–water partition coefficient (Wildman–Crippen LogP) is 2.23. The number of benzene rings is 1. The minimum atomic E-state index is 0.431. The Hall–Kier alpha value is -2.08. The van der Waals surface area contributed by atoms with Crippen LogP contribution < -0.4 is 10.5 Å². The van der Waals surface area contributed by atoms with Gasteiger partial charge in [0, 0.05) is 30.7 Å². The van der Waals surface area contributed by atoms with E-state index in [1.807, 2.05) is 41.6 Å². The molecule has 0 fully saturated rings. The van der Waals surface area contributed by atoms with Crippen molar-refractivity contribution in [1.29, 1.82) is 0 Å². The smallest absolute Gasteiger partial charge is 0.212 e. The molecule has 1 aromatic carbocycles. The zero-order valence-electron chi connectivity index (χ0n) is 10.9. The lowest BCUT2D eigenvalue weighted by molar-refractivity contribution is 0.398. The number of para-hydroxylation sites is 1. The van der Waals surface area contributed by atoms with Crippen LogP contribution in [0.5, 0.6) is 5.75 Å². The van der Waals surface area contributed by atoms with E-state index in [-0.39, 0.29) is 0 Å². The van der Waals surface area contributed by atoms with Crippen LogP contribution in [0.4, 0.5) is 5.13 Å². The molecule has 0 atom stereocenters. The number of rotatable bonds is 4. The van der Waals surface area contributed by atoms with Gasteiger partial charge in [-0.05, 0) is 6.07 Å². The molecule has 6 heteroatoms. The summed E-state index contributed by atoms with van der Waals surface area (Å²) in [5.74, 6) is 1.28. The van der Waals surface area contributed by atoms with Crippen LogP contribution in [0.1, 0.15) is 5.56 Å². The van der Waals surface area contributed by atoms with Gasteiger partial charge < -0.3 is 15.4 Å². The summed E-state index contributed by atoms with van der Waals surface area (Å²) in [4.78, 5) is 10.2. The Bertz CT molecular complexity index is 554. The molecule has 19 heavy (non-hydrogen) atoms. The minimum absolute atomic E-state index is 0.431. The Morgan fingerprint density at radius 2 is 2.26 bits per heavy atom. The third-order valence-electron chi connectivity index (χ3n) is 2.62. The van der Waals surface area contributed by atoms with Gasteiger partial charge in [0.2, 0.25) is 5.13 Å². The number of aromatic nitrogens is 1. The molecule has 0 spiro atoms. The summed E-state index contributed by atoms with van der Waals surface area (Å²) in [6.07, 6.45) is 1.71. The van der Waals surface area contributed by atoms with E-state index in [9.17, 15) is 0 Å². The van der Waals surface area contributed by atoms with Gasteiger partial charge in [-0.1, -0.05) is 18.2 Å². The number of nitrogens with zero attached hydrogens (tertiary/aromatic N) is 3. The van der Waals surface area contributed by atoms with E-state index in [0.717, 1.165) is 11.3 Å². The molecule has 0 aliphatic heterocycles. The van der Waals surface area contributed by atoms with E-state index >= 15 is 0 Å². The number of aliphatic imine (C=N–C) groups is 1.